The highest BCUT2D eigenvalue weighted by Gasteiger charge is 2.37. The van der Waals surface area contributed by atoms with E-state index < -0.39 is 23.9 Å². The lowest BCUT2D eigenvalue weighted by Crippen LogP contribution is -2.19. The van der Waals surface area contributed by atoms with Crippen molar-refractivity contribution in [2.75, 3.05) is 19.0 Å². The molecule has 0 spiro atoms. The third-order valence-corrected chi connectivity index (χ3v) is 3.21. The number of nitrogens with zero attached hydrogens (tertiary/aromatic N) is 1. The number of alkyl halides is 6. The summed E-state index contributed by atoms with van der Waals surface area (Å²) in [5, 5.41) is 0. The van der Waals surface area contributed by atoms with Crippen molar-refractivity contribution in [1.29, 1.82) is 0 Å². The van der Waals surface area contributed by atoms with Crippen molar-refractivity contribution >= 4 is 5.69 Å². The van der Waals surface area contributed by atoms with E-state index in [2.05, 4.69) is 4.74 Å². The van der Waals surface area contributed by atoms with E-state index in [4.69, 9.17) is 0 Å². The molecule has 0 N–H and O–H groups in total. The summed E-state index contributed by atoms with van der Waals surface area (Å²) in [6, 6.07) is 8.19. The van der Waals surface area contributed by atoms with Gasteiger partial charge in [0.25, 0.3) is 0 Å². The van der Waals surface area contributed by atoms with Crippen LogP contribution < -0.4 is 9.64 Å². The fourth-order valence-electron chi connectivity index (χ4n) is 2.32. The van der Waals surface area contributed by atoms with Crippen LogP contribution in [0.25, 0.3) is 11.1 Å². The maximum atomic E-state index is 13.4. The number of para-hydroxylation sites is 1. The van der Waals surface area contributed by atoms with Gasteiger partial charge in [-0.3, -0.25) is 0 Å². The van der Waals surface area contributed by atoms with E-state index >= 15 is 0 Å². The van der Waals surface area contributed by atoms with E-state index in [1.807, 2.05) is 0 Å². The smallest absolute Gasteiger partial charge is 0.405 e. The third-order valence-electron chi connectivity index (χ3n) is 3.21. The minimum Gasteiger partial charge on any atom is -0.405 e. The first-order chi connectivity index (χ1) is 11.0. The number of anilines is 1. The molecule has 0 aliphatic carbocycles. The monoisotopic (exact) mass is 349 g/mol. The van der Waals surface area contributed by atoms with Gasteiger partial charge in [0, 0.05) is 30.9 Å². The molecule has 2 rings (SSSR count). The van der Waals surface area contributed by atoms with Gasteiger partial charge in [0.1, 0.15) is 5.75 Å². The molecule has 24 heavy (non-hydrogen) atoms. The van der Waals surface area contributed by atoms with Crippen molar-refractivity contribution in [2.45, 2.75) is 12.5 Å². The van der Waals surface area contributed by atoms with Crippen LogP contribution in [-0.2, 0) is 6.18 Å². The normalized spacial score (nSPS) is 12.2. The first kappa shape index (κ1) is 18.0. The van der Waals surface area contributed by atoms with Gasteiger partial charge in [-0.2, -0.15) is 13.2 Å². The highest BCUT2D eigenvalue weighted by molar-refractivity contribution is 5.85. The Hall–Kier alpha value is -2.38. The molecule has 2 aromatic carbocycles. The number of hydrogen-bond donors (Lipinski definition) is 0. The lowest BCUT2D eigenvalue weighted by Gasteiger charge is -2.23. The lowest BCUT2D eigenvalue weighted by atomic mass is 9.96. The number of hydrogen-bond acceptors (Lipinski definition) is 2. The van der Waals surface area contributed by atoms with Crippen molar-refractivity contribution in [2.24, 2.45) is 0 Å². The number of ether oxygens (including phenoxy) is 1. The summed E-state index contributed by atoms with van der Waals surface area (Å²) in [6.45, 7) is 0. The molecule has 0 aromatic heterocycles. The molecule has 130 valence electrons. The van der Waals surface area contributed by atoms with Gasteiger partial charge in [0.15, 0.2) is 0 Å². The van der Waals surface area contributed by atoms with Gasteiger partial charge in [0.2, 0.25) is 0 Å². The third kappa shape index (κ3) is 3.93. The molecular weight excluding hydrogens is 336 g/mol. The summed E-state index contributed by atoms with van der Waals surface area (Å²) in [5.74, 6) is -0.690. The summed E-state index contributed by atoms with van der Waals surface area (Å²) in [5.41, 5.74) is -1.56. The maximum absolute atomic E-state index is 13.4. The zero-order valence-corrected chi connectivity index (χ0v) is 12.7. The molecule has 0 bridgehead atoms. The molecule has 0 fully saturated rings. The first-order valence-electron chi connectivity index (χ1n) is 6.73. The van der Waals surface area contributed by atoms with Crippen LogP contribution in [0.3, 0.4) is 0 Å². The molecule has 0 amide bonds. The Labute approximate surface area is 134 Å². The van der Waals surface area contributed by atoms with Crippen LogP contribution in [0, 0.1) is 0 Å². The number of benzene rings is 2. The summed E-state index contributed by atoms with van der Waals surface area (Å²) >= 11 is 0. The molecule has 0 aliphatic heterocycles. The van der Waals surface area contributed by atoms with E-state index in [9.17, 15) is 26.3 Å². The average molecular weight is 349 g/mol. The highest BCUT2D eigenvalue weighted by Crippen LogP contribution is 2.45. The summed E-state index contributed by atoms with van der Waals surface area (Å²) in [6.07, 6.45) is -9.74. The average Bonchev–Trinajstić information content (AvgIpc) is 2.44. The molecule has 0 radical (unpaired) electrons. The second kappa shape index (κ2) is 6.26. The van der Waals surface area contributed by atoms with Crippen LogP contribution in [0.15, 0.2) is 42.5 Å². The van der Waals surface area contributed by atoms with E-state index in [0.717, 1.165) is 12.1 Å². The Balaban J connectivity index is 2.77. The van der Waals surface area contributed by atoms with E-state index in [0.29, 0.717) is 0 Å². The largest absolute Gasteiger partial charge is 0.573 e. The Morgan fingerprint density at radius 2 is 1.46 bits per heavy atom. The minimum atomic E-state index is -5.01. The van der Waals surface area contributed by atoms with Crippen molar-refractivity contribution in [3.63, 3.8) is 0 Å². The quantitative estimate of drug-likeness (QED) is 0.694. The van der Waals surface area contributed by atoms with Crippen LogP contribution in [-0.4, -0.2) is 20.5 Å². The van der Waals surface area contributed by atoms with Crippen molar-refractivity contribution < 1.29 is 31.1 Å². The van der Waals surface area contributed by atoms with Crippen molar-refractivity contribution in [3.8, 4) is 16.9 Å². The molecule has 0 atom stereocenters. The zero-order chi connectivity index (χ0) is 18.1. The standard InChI is InChI=1S/C16H13F6NO/c1-23(2)12-8-5-7-11(15(17,18)19)14(12)10-6-3-4-9-13(10)24-16(20,21)22/h3-9H,1-2H3. The van der Waals surface area contributed by atoms with Crippen LogP contribution in [0.1, 0.15) is 5.56 Å². The Morgan fingerprint density at radius 3 is 2.00 bits per heavy atom. The van der Waals surface area contributed by atoms with Gasteiger partial charge in [-0.15, -0.1) is 13.2 Å². The van der Waals surface area contributed by atoms with Crippen LogP contribution >= 0.6 is 0 Å². The molecule has 0 saturated carbocycles. The molecule has 2 aromatic rings. The highest BCUT2D eigenvalue weighted by atomic mass is 19.4. The minimum absolute atomic E-state index is 0.128. The van der Waals surface area contributed by atoms with Gasteiger partial charge < -0.3 is 9.64 Å². The molecular formula is C16H13F6NO. The van der Waals surface area contributed by atoms with E-state index in [-0.39, 0.29) is 16.8 Å². The predicted octanol–water partition coefficient (Wildman–Crippen LogP) is 5.34. The summed E-state index contributed by atoms with van der Waals surface area (Å²) in [4.78, 5) is 1.40. The Kier molecular flexibility index (Phi) is 4.68. The molecule has 8 heteroatoms. The zero-order valence-electron chi connectivity index (χ0n) is 12.7. The number of halogens is 6. The van der Waals surface area contributed by atoms with Crippen molar-refractivity contribution in [3.05, 3.63) is 48.0 Å². The SMILES string of the molecule is CN(C)c1cccc(C(F)(F)F)c1-c1ccccc1OC(F)(F)F. The van der Waals surface area contributed by atoms with Crippen LogP contribution in [0.5, 0.6) is 5.75 Å². The van der Waals surface area contributed by atoms with Crippen LogP contribution in [0.4, 0.5) is 32.0 Å². The summed E-state index contributed by atoms with van der Waals surface area (Å²) in [7, 11) is 3.01. The fraction of sp³-hybridized carbons (Fsp3) is 0.250. The molecule has 0 aliphatic rings. The van der Waals surface area contributed by atoms with E-state index in [1.165, 1.54) is 49.3 Å². The molecule has 2 nitrogen and oxygen atoms in total. The van der Waals surface area contributed by atoms with Gasteiger partial charge in [-0.25, -0.2) is 0 Å². The van der Waals surface area contributed by atoms with Crippen LogP contribution in [0.2, 0.25) is 0 Å². The van der Waals surface area contributed by atoms with Gasteiger partial charge in [-0.1, -0.05) is 24.3 Å². The maximum Gasteiger partial charge on any atom is 0.573 e. The first-order valence-corrected chi connectivity index (χ1v) is 6.73. The second-order valence-electron chi connectivity index (χ2n) is 5.14. The van der Waals surface area contributed by atoms with Crippen molar-refractivity contribution in [1.82, 2.24) is 0 Å². The summed E-state index contributed by atoms with van der Waals surface area (Å²) < 4.78 is 81.7. The van der Waals surface area contributed by atoms with Gasteiger partial charge >= 0.3 is 12.5 Å². The Morgan fingerprint density at radius 1 is 0.833 bits per heavy atom. The lowest BCUT2D eigenvalue weighted by molar-refractivity contribution is -0.274. The Bertz CT molecular complexity index is 721. The topological polar surface area (TPSA) is 12.5 Å². The fourth-order valence-corrected chi connectivity index (χ4v) is 2.32. The molecule has 0 saturated heterocycles. The predicted molar refractivity (Wildman–Crippen MR) is 77.9 cm³/mol. The van der Waals surface area contributed by atoms with E-state index in [1.54, 1.807) is 0 Å². The second-order valence-corrected chi connectivity index (χ2v) is 5.14. The molecule has 0 unspecified atom stereocenters. The van der Waals surface area contributed by atoms with Gasteiger partial charge in [0.05, 0.1) is 5.56 Å². The molecule has 0 heterocycles. The number of rotatable bonds is 3. The van der Waals surface area contributed by atoms with Gasteiger partial charge in [-0.05, 0) is 18.2 Å².